The van der Waals surface area contributed by atoms with Gasteiger partial charge in [-0.15, -0.1) is 0 Å². The molecule has 0 aliphatic heterocycles. The topological polar surface area (TPSA) is 92.5 Å². The second-order valence-corrected chi connectivity index (χ2v) is 3.66. The van der Waals surface area contributed by atoms with Crippen molar-refractivity contribution in [1.82, 2.24) is 0 Å². The number of nitro benzene ring substituents is 1. The van der Waals surface area contributed by atoms with Gasteiger partial charge in [0.15, 0.2) is 0 Å². The molecule has 2 N–H and O–H groups in total. The summed E-state index contributed by atoms with van der Waals surface area (Å²) < 4.78 is 0. The van der Waals surface area contributed by atoms with Gasteiger partial charge in [-0.3, -0.25) is 10.1 Å². The highest BCUT2D eigenvalue weighted by Gasteiger charge is 2.18. The Morgan fingerprint density at radius 2 is 2.18 bits per heavy atom. The van der Waals surface area contributed by atoms with Gasteiger partial charge in [-0.1, -0.05) is 6.92 Å². The third-order valence-corrected chi connectivity index (χ3v) is 2.39. The fraction of sp³-hybridized carbons (Fsp3) is 0.364. The van der Waals surface area contributed by atoms with Crippen LogP contribution in [-0.4, -0.2) is 22.5 Å². The van der Waals surface area contributed by atoms with Crippen molar-refractivity contribution in [2.75, 3.05) is 11.9 Å². The Morgan fingerprint density at radius 1 is 1.53 bits per heavy atom. The molecule has 0 heterocycles. The molecule has 0 aromatic heterocycles. The summed E-state index contributed by atoms with van der Waals surface area (Å²) in [6.45, 7) is 4.20. The van der Waals surface area contributed by atoms with Crippen molar-refractivity contribution in [2.24, 2.45) is 0 Å². The number of rotatable bonds is 5. The third-order valence-electron chi connectivity index (χ3n) is 2.39. The van der Waals surface area contributed by atoms with Crippen LogP contribution in [0.2, 0.25) is 0 Å². The molecule has 0 aliphatic rings. The molecule has 0 saturated heterocycles. The first-order valence-corrected chi connectivity index (χ1v) is 5.23. The van der Waals surface area contributed by atoms with E-state index in [2.05, 4.69) is 5.32 Å². The number of carboxylic acid groups (broad SMARTS) is 1. The van der Waals surface area contributed by atoms with Gasteiger partial charge in [0.05, 0.1) is 10.5 Å². The molecule has 6 nitrogen and oxygen atoms in total. The maximum absolute atomic E-state index is 10.9. The Kier molecular flexibility index (Phi) is 4.03. The van der Waals surface area contributed by atoms with Crippen molar-refractivity contribution in [3.63, 3.8) is 0 Å². The van der Waals surface area contributed by atoms with Gasteiger partial charge in [-0.25, -0.2) is 4.79 Å². The highest BCUT2D eigenvalue weighted by atomic mass is 16.6. The van der Waals surface area contributed by atoms with Gasteiger partial charge in [-0.05, 0) is 19.4 Å². The molecule has 0 spiro atoms. The first-order chi connectivity index (χ1) is 7.97. The average molecular weight is 238 g/mol. The van der Waals surface area contributed by atoms with E-state index in [9.17, 15) is 14.9 Å². The summed E-state index contributed by atoms with van der Waals surface area (Å²) in [7, 11) is 0. The Balaban J connectivity index is 3.27. The number of nitrogens with zero attached hydrogens (tertiary/aromatic N) is 1. The predicted octanol–water partition coefficient (Wildman–Crippen LogP) is 2.42. The van der Waals surface area contributed by atoms with E-state index in [4.69, 9.17) is 5.11 Å². The predicted molar refractivity (Wildman–Crippen MR) is 63.6 cm³/mol. The maximum Gasteiger partial charge on any atom is 0.336 e. The largest absolute Gasteiger partial charge is 0.478 e. The van der Waals surface area contributed by atoms with Crippen molar-refractivity contribution in [3.8, 4) is 0 Å². The van der Waals surface area contributed by atoms with Crippen LogP contribution in [0.3, 0.4) is 0 Å². The summed E-state index contributed by atoms with van der Waals surface area (Å²) in [6, 6.07) is 2.50. The van der Waals surface area contributed by atoms with Crippen LogP contribution in [0.25, 0.3) is 0 Å². The SMILES string of the molecule is CCCNc1cc(C(=O)O)cc([N+](=O)[O-])c1C. The van der Waals surface area contributed by atoms with E-state index in [0.717, 1.165) is 12.5 Å². The van der Waals surface area contributed by atoms with Crippen LogP contribution >= 0.6 is 0 Å². The van der Waals surface area contributed by atoms with Gasteiger partial charge >= 0.3 is 5.97 Å². The van der Waals surface area contributed by atoms with Gasteiger partial charge in [0, 0.05) is 23.9 Å². The van der Waals surface area contributed by atoms with Crippen LogP contribution in [0.15, 0.2) is 12.1 Å². The fourth-order valence-corrected chi connectivity index (χ4v) is 1.46. The lowest BCUT2D eigenvalue weighted by molar-refractivity contribution is -0.385. The molecule has 0 atom stereocenters. The second-order valence-electron chi connectivity index (χ2n) is 3.66. The average Bonchev–Trinajstić information content (AvgIpc) is 2.26. The van der Waals surface area contributed by atoms with Gasteiger partial charge < -0.3 is 10.4 Å². The third kappa shape index (κ3) is 2.93. The number of nitro groups is 1. The minimum atomic E-state index is -1.17. The van der Waals surface area contributed by atoms with Crippen molar-refractivity contribution in [3.05, 3.63) is 33.4 Å². The first kappa shape index (κ1) is 13.0. The Hall–Kier alpha value is -2.11. The number of aromatic carboxylic acids is 1. The highest BCUT2D eigenvalue weighted by molar-refractivity contribution is 5.90. The lowest BCUT2D eigenvalue weighted by Gasteiger charge is -2.09. The number of benzene rings is 1. The van der Waals surface area contributed by atoms with Crippen molar-refractivity contribution in [1.29, 1.82) is 0 Å². The van der Waals surface area contributed by atoms with Gasteiger partial charge in [-0.2, -0.15) is 0 Å². The summed E-state index contributed by atoms with van der Waals surface area (Å²) in [6.07, 6.45) is 0.852. The minimum Gasteiger partial charge on any atom is -0.478 e. The normalized spacial score (nSPS) is 10.0. The molecule has 0 aliphatic carbocycles. The van der Waals surface area contributed by atoms with Gasteiger partial charge in [0.25, 0.3) is 5.69 Å². The van der Waals surface area contributed by atoms with E-state index in [-0.39, 0.29) is 11.3 Å². The number of nitrogens with one attached hydrogen (secondary N) is 1. The van der Waals surface area contributed by atoms with Gasteiger partial charge in [0.1, 0.15) is 0 Å². The van der Waals surface area contributed by atoms with E-state index in [1.807, 2.05) is 6.92 Å². The van der Waals surface area contributed by atoms with E-state index in [1.165, 1.54) is 6.07 Å². The number of anilines is 1. The monoisotopic (exact) mass is 238 g/mol. The zero-order chi connectivity index (χ0) is 13.0. The van der Waals surface area contributed by atoms with Crippen LogP contribution in [-0.2, 0) is 0 Å². The summed E-state index contributed by atoms with van der Waals surface area (Å²) >= 11 is 0. The molecule has 1 aromatic carbocycles. The van der Waals surface area contributed by atoms with Crippen LogP contribution in [0, 0.1) is 17.0 Å². The lowest BCUT2D eigenvalue weighted by atomic mass is 10.1. The van der Waals surface area contributed by atoms with Crippen molar-refractivity contribution >= 4 is 17.3 Å². The molecule has 17 heavy (non-hydrogen) atoms. The molecule has 0 radical (unpaired) electrons. The maximum atomic E-state index is 10.9. The molecule has 0 unspecified atom stereocenters. The molecule has 6 heteroatoms. The zero-order valence-electron chi connectivity index (χ0n) is 9.69. The fourth-order valence-electron chi connectivity index (χ4n) is 1.46. The van der Waals surface area contributed by atoms with Crippen LogP contribution in [0.5, 0.6) is 0 Å². The Labute approximate surface area is 98.4 Å². The summed E-state index contributed by atoms with van der Waals surface area (Å²) in [4.78, 5) is 21.1. The van der Waals surface area contributed by atoms with Crippen LogP contribution < -0.4 is 5.32 Å². The standard InChI is InChI=1S/C11H14N2O4/c1-3-4-12-9-5-8(11(14)15)6-10(7(9)2)13(16)17/h5-6,12H,3-4H2,1-2H3,(H,14,15). The first-order valence-electron chi connectivity index (χ1n) is 5.23. The molecule has 1 aromatic rings. The van der Waals surface area contributed by atoms with E-state index in [0.29, 0.717) is 17.8 Å². The minimum absolute atomic E-state index is 0.0825. The number of hydrogen-bond acceptors (Lipinski definition) is 4. The van der Waals surface area contributed by atoms with Crippen molar-refractivity contribution < 1.29 is 14.8 Å². The summed E-state index contributed by atoms with van der Waals surface area (Å²) in [5, 5.41) is 22.7. The van der Waals surface area contributed by atoms with E-state index >= 15 is 0 Å². The second kappa shape index (κ2) is 5.29. The number of hydrogen-bond donors (Lipinski definition) is 2. The molecule has 0 amide bonds. The molecule has 0 bridgehead atoms. The highest BCUT2D eigenvalue weighted by Crippen LogP contribution is 2.27. The van der Waals surface area contributed by atoms with E-state index in [1.54, 1.807) is 6.92 Å². The van der Waals surface area contributed by atoms with Crippen LogP contribution in [0.4, 0.5) is 11.4 Å². The Morgan fingerprint density at radius 3 is 2.65 bits per heavy atom. The van der Waals surface area contributed by atoms with Gasteiger partial charge in [0.2, 0.25) is 0 Å². The molecule has 0 fully saturated rings. The van der Waals surface area contributed by atoms with Crippen LogP contribution in [0.1, 0.15) is 29.3 Å². The van der Waals surface area contributed by atoms with Crippen molar-refractivity contribution in [2.45, 2.75) is 20.3 Å². The quantitative estimate of drug-likeness (QED) is 0.607. The molecule has 0 saturated carbocycles. The lowest BCUT2D eigenvalue weighted by Crippen LogP contribution is -2.06. The molecule has 1 rings (SSSR count). The molecular formula is C11H14N2O4. The summed E-state index contributed by atoms with van der Waals surface area (Å²) in [5.41, 5.74) is 0.691. The number of carbonyl (C=O) groups is 1. The van der Waals surface area contributed by atoms with E-state index < -0.39 is 10.9 Å². The number of carboxylic acids is 1. The summed E-state index contributed by atoms with van der Waals surface area (Å²) in [5.74, 6) is -1.17. The Bertz CT molecular complexity index is 457. The molecule has 92 valence electrons. The zero-order valence-corrected chi connectivity index (χ0v) is 9.69. The molecular weight excluding hydrogens is 224 g/mol. The smallest absolute Gasteiger partial charge is 0.336 e.